The molecule has 8 heteroatoms. The predicted molar refractivity (Wildman–Crippen MR) is 169 cm³/mol. The minimum atomic E-state index is -1.24. The molecule has 0 aliphatic heterocycles. The van der Waals surface area contributed by atoms with Gasteiger partial charge in [-0.3, -0.25) is 4.79 Å². The standard InChI is InChI=1S/C36H48F2N2O4/c1-6-18-40(34(43)39-23(2)3)22-36(44)17-15-30-28-13-10-25(19-27(41)12-9-24(4)8-7-16-35(30,36)5)20-29(28)33(42)26-11-14-31(37)32(38)21-26/h8,10-11,13-14,20-21,23,27,30,41,44H,6-7,9,12,15-19,22H2,1-5H3,(H,39,43)/t27-,30-,35-,36+/m0/s1. The molecule has 4 atom stereocenters. The lowest BCUT2D eigenvalue weighted by atomic mass is 9.64. The number of nitrogens with one attached hydrogen (secondary N) is 1. The molecule has 1 saturated carbocycles. The predicted octanol–water partition coefficient (Wildman–Crippen LogP) is 7.06. The summed E-state index contributed by atoms with van der Waals surface area (Å²) in [6.45, 7) is 10.6. The Balaban J connectivity index is 1.84. The average Bonchev–Trinajstić information content (AvgIpc) is 3.21. The van der Waals surface area contributed by atoms with Crippen molar-refractivity contribution in [2.45, 2.75) is 110 Å². The third kappa shape index (κ3) is 7.23. The van der Waals surface area contributed by atoms with Crippen LogP contribution in [-0.4, -0.2) is 57.8 Å². The molecule has 0 spiro atoms. The maximum Gasteiger partial charge on any atom is 0.317 e. The summed E-state index contributed by atoms with van der Waals surface area (Å²) in [6, 6.07) is 8.52. The third-order valence-electron chi connectivity index (χ3n) is 9.74. The summed E-state index contributed by atoms with van der Waals surface area (Å²) in [7, 11) is 0. The molecule has 0 radical (unpaired) electrons. The van der Waals surface area contributed by atoms with E-state index >= 15 is 0 Å². The van der Waals surface area contributed by atoms with E-state index < -0.39 is 34.5 Å². The van der Waals surface area contributed by atoms with Gasteiger partial charge in [0.2, 0.25) is 0 Å². The maximum atomic E-state index is 14.2. The zero-order valence-corrected chi connectivity index (χ0v) is 26.8. The van der Waals surface area contributed by atoms with E-state index in [0.717, 1.165) is 36.1 Å². The van der Waals surface area contributed by atoms with Crippen LogP contribution in [0.2, 0.25) is 0 Å². The smallest absolute Gasteiger partial charge is 0.317 e. The normalized spacial score (nSPS) is 25.7. The molecule has 2 bridgehead atoms. The molecule has 0 unspecified atom stereocenters. The Kier molecular flexibility index (Phi) is 10.7. The Morgan fingerprint density at radius 1 is 1.09 bits per heavy atom. The fourth-order valence-electron chi connectivity index (χ4n) is 7.17. The van der Waals surface area contributed by atoms with Gasteiger partial charge in [-0.25, -0.2) is 13.6 Å². The first-order chi connectivity index (χ1) is 20.8. The van der Waals surface area contributed by atoms with Crippen molar-refractivity contribution in [3.63, 3.8) is 0 Å². The Labute approximate surface area is 260 Å². The van der Waals surface area contributed by atoms with E-state index in [4.69, 9.17) is 0 Å². The van der Waals surface area contributed by atoms with Crippen LogP contribution in [0.25, 0.3) is 0 Å². The molecule has 6 nitrogen and oxygen atoms in total. The summed E-state index contributed by atoms with van der Waals surface area (Å²) in [6.07, 6.45) is 6.28. The number of ketones is 1. The highest BCUT2D eigenvalue weighted by Crippen LogP contribution is 2.58. The monoisotopic (exact) mass is 610 g/mol. The Morgan fingerprint density at radius 2 is 1.84 bits per heavy atom. The number of aliphatic hydroxyl groups excluding tert-OH is 1. The topological polar surface area (TPSA) is 89.9 Å². The first-order valence-electron chi connectivity index (χ1n) is 16.0. The van der Waals surface area contributed by atoms with Gasteiger partial charge in [0.15, 0.2) is 17.4 Å². The van der Waals surface area contributed by atoms with Crippen molar-refractivity contribution >= 4 is 11.8 Å². The second-order valence-corrected chi connectivity index (χ2v) is 13.4. The first-order valence-corrected chi connectivity index (χ1v) is 16.0. The fourth-order valence-corrected chi connectivity index (χ4v) is 7.17. The molecule has 44 heavy (non-hydrogen) atoms. The van der Waals surface area contributed by atoms with Crippen LogP contribution in [0, 0.1) is 17.0 Å². The quantitative estimate of drug-likeness (QED) is 0.231. The number of benzene rings is 2. The number of rotatable bonds is 7. The zero-order valence-electron chi connectivity index (χ0n) is 26.8. The van der Waals surface area contributed by atoms with Crippen LogP contribution in [0.1, 0.15) is 113 Å². The van der Waals surface area contributed by atoms with Crippen LogP contribution >= 0.6 is 0 Å². The number of aliphatic hydroxyl groups is 2. The minimum Gasteiger partial charge on any atom is -0.393 e. The van der Waals surface area contributed by atoms with Crippen molar-refractivity contribution in [1.82, 2.24) is 10.2 Å². The highest BCUT2D eigenvalue weighted by Gasteiger charge is 2.57. The van der Waals surface area contributed by atoms with Crippen molar-refractivity contribution in [2.75, 3.05) is 13.1 Å². The number of hydrogen-bond donors (Lipinski definition) is 3. The van der Waals surface area contributed by atoms with E-state index in [2.05, 4.69) is 25.2 Å². The Morgan fingerprint density at radius 3 is 2.52 bits per heavy atom. The van der Waals surface area contributed by atoms with Gasteiger partial charge in [0.05, 0.1) is 18.2 Å². The van der Waals surface area contributed by atoms with Gasteiger partial charge < -0.3 is 20.4 Å². The van der Waals surface area contributed by atoms with Gasteiger partial charge in [0.1, 0.15) is 0 Å². The Hall–Kier alpha value is -3.10. The first kappa shape index (κ1) is 33.8. The van der Waals surface area contributed by atoms with Crippen molar-refractivity contribution < 1.29 is 28.6 Å². The zero-order chi connectivity index (χ0) is 32.2. The number of amides is 2. The highest BCUT2D eigenvalue weighted by atomic mass is 19.2. The fraction of sp³-hybridized carbons (Fsp3) is 0.556. The number of halogens is 2. The lowest BCUT2D eigenvalue weighted by Gasteiger charge is -2.46. The van der Waals surface area contributed by atoms with E-state index in [1.54, 1.807) is 11.0 Å². The summed E-state index contributed by atoms with van der Waals surface area (Å²) in [5.41, 5.74) is 1.14. The molecule has 1 fully saturated rings. The molecule has 2 aromatic rings. The third-order valence-corrected chi connectivity index (χ3v) is 9.74. The van der Waals surface area contributed by atoms with E-state index in [0.29, 0.717) is 50.6 Å². The molecule has 5 rings (SSSR count). The van der Waals surface area contributed by atoms with Crippen molar-refractivity contribution in [2.24, 2.45) is 5.41 Å². The van der Waals surface area contributed by atoms with E-state index in [1.807, 2.05) is 32.9 Å². The number of hydrogen-bond acceptors (Lipinski definition) is 4. The second kappa shape index (κ2) is 13.9. The van der Waals surface area contributed by atoms with Crippen LogP contribution in [0.5, 0.6) is 0 Å². The van der Waals surface area contributed by atoms with E-state index in [-0.39, 0.29) is 30.1 Å². The van der Waals surface area contributed by atoms with Gasteiger partial charge >= 0.3 is 6.03 Å². The SMILES string of the molecule is CCCN(C[C@]1(O)CC[C@H]2c3ccc(cc3C(=O)c3ccc(F)c(F)c3)C[C@@H](O)CCC(C)=CCC[C@@]21C)C(=O)NC(C)C. The van der Waals surface area contributed by atoms with Crippen molar-refractivity contribution in [3.05, 3.63) is 81.9 Å². The highest BCUT2D eigenvalue weighted by molar-refractivity contribution is 6.10. The number of allylic oxidation sites excluding steroid dienone is 2. The number of nitrogens with zero attached hydrogens (tertiary/aromatic N) is 1. The van der Waals surface area contributed by atoms with Gasteiger partial charge in [-0.2, -0.15) is 0 Å². The summed E-state index contributed by atoms with van der Waals surface area (Å²) >= 11 is 0. The molecule has 3 aliphatic carbocycles. The van der Waals surface area contributed by atoms with Gasteiger partial charge in [-0.05, 0) is 113 Å². The molecule has 0 aromatic heterocycles. The van der Waals surface area contributed by atoms with Crippen molar-refractivity contribution in [3.8, 4) is 0 Å². The van der Waals surface area contributed by atoms with Crippen LogP contribution in [-0.2, 0) is 6.42 Å². The summed E-state index contributed by atoms with van der Waals surface area (Å²) < 4.78 is 28.0. The van der Waals surface area contributed by atoms with Crippen LogP contribution in [0.4, 0.5) is 13.6 Å². The van der Waals surface area contributed by atoms with Crippen LogP contribution in [0.3, 0.4) is 0 Å². The van der Waals surface area contributed by atoms with Gasteiger partial charge in [-0.15, -0.1) is 0 Å². The minimum absolute atomic E-state index is 0.0389. The van der Waals surface area contributed by atoms with E-state index in [1.165, 1.54) is 11.6 Å². The second-order valence-electron chi connectivity index (χ2n) is 13.4. The summed E-state index contributed by atoms with van der Waals surface area (Å²) in [4.78, 5) is 28.9. The molecule has 2 aromatic carbocycles. The number of carbonyl (C=O) groups is 2. The molecule has 2 amide bonds. The lowest BCUT2D eigenvalue weighted by Crippen LogP contribution is -2.56. The van der Waals surface area contributed by atoms with Crippen LogP contribution in [0.15, 0.2) is 48.0 Å². The number of urea groups is 1. The lowest BCUT2D eigenvalue weighted by molar-refractivity contribution is -0.0770. The molecule has 0 saturated heterocycles. The van der Waals surface area contributed by atoms with Gasteiger partial charge in [0, 0.05) is 29.1 Å². The molecule has 3 N–H and O–H groups in total. The van der Waals surface area contributed by atoms with Gasteiger partial charge in [0.25, 0.3) is 0 Å². The van der Waals surface area contributed by atoms with Gasteiger partial charge in [-0.1, -0.05) is 37.6 Å². The summed E-state index contributed by atoms with van der Waals surface area (Å²) in [5, 5.41) is 26.3. The molecular formula is C36H48F2N2O4. The largest absolute Gasteiger partial charge is 0.393 e. The van der Waals surface area contributed by atoms with Crippen molar-refractivity contribution in [1.29, 1.82) is 0 Å². The maximum absolute atomic E-state index is 14.2. The number of carbonyl (C=O) groups excluding carboxylic acids is 2. The molecule has 3 aliphatic rings. The van der Waals surface area contributed by atoms with E-state index in [9.17, 15) is 28.6 Å². The number of fused-ring (bicyclic) bond motifs is 8. The average molecular weight is 611 g/mol. The Bertz CT molecular complexity index is 1390. The molecular weight excluding hydrogens is 562 g/mol. The molecule has 240 valence electrons. The summed E-state index contributed by atoms with van der Waals surface area (Å²) in [5.74, 6) is -2.80. The molecule has 0 heterocycles. The van der Waals surface area contributed by atoms with Crippen LogP contribution < -0.4 is 5.32 Å².